The van der Waals surface area contributed by atoms with Gasteiger partial charge in [0.2, 0.25) is 6.29 Å². The highest BCUT2D eigenvalue weighted by molar-refractivity contribution is 6.11. The summed E-state index contributed by atoms with van der Waals surface area (Å²) in [6.45, 7) is 0. The van der Waals surface area contributed by atoms with Crippen LogP contribution in [0.4, 0.5) is 0 Å². The Morgan fingerprint density at radius 3 is 1.55 bits per heavy atom. The smallest absolute Gasteiger partial charge is 0.339 e. The summed E-state index contributed by atoms with van der Waals surface area (Å²) in [6, 6.07) is 2.16. The summed E-state index contributed by atoms with van der Waals surface area (Å²) >= 11 is 0. The Kier molecular flexibility index (Phi) is 4.96. The summed E-state index contributed by atoms with van der Waals surface area (Å²) in [5.41, 5.74) is -0.982. The first-order valence-corrected chi connectivity index (χ1v) is 5.31. The van der Waals surface area contributed by atoms with Gasteiger partial charge >= 0.3 is 17.9 Å². The van der Waals surface area contributed by atoms with Crippen molar-refractivity contribution in [3.8, 4) is 0 Å². The van der Waals surface area contributed by atoms with Crippen LogP contribution in [0.3, 0.4) is 0 Å². The van der Waals surface area contributed by atoms with Gasteiger partial charge in [-0.15, -0.1) is 0 Å². The van der Waals surface area contributed by atoms with Crippen molar-refractivity contribution in [2.24, 2.45) is 0 Å². The van der Waals surface area contributed by atoms with Gasteiger partial charge in [-0.25, -0.2) is 14.4 Å². The number of methoxy groups -OCH3 is 3. The van der Waals surface area contributed by atoms with Gasteiger partial charge in [-0.05, 0) is 12.1 Å². The molecule has 1 aromatic rings. The third-order valence-corrected chi connectivity index (χ3v) is 2.46. The van der Waals surface area contributed by atoms with E-state index in [1.807, 2.05) is 0 Å². The number of carbonyl (C=O) groups excluding carboxylic acids is 4. The van der Waals surface area contributed by atoms with Crippen molar-refractivity contribution in [2.45, 2.75) is 0 Å². The Bertz CT molecular complexity index is 537. The van der Waals surface area contributed by atoms with Crippen molar-refractivity contribution >= 4 is 24.2 Å². The van der Waals surface area contributed by atoms with Gasteiger partial charge in [0.15, 0.2) is 0 Å². The molecule has 7 heteroatoms. The van der Waals surface area contributed by atoms with E-state index in [1.54, 1.807) is 0 Å². The molecule has 0 fully saturated rings. The molecule has 105 valence electrons. The standard InChI is InChI=1S/C13H11O7/c1-18-11(15)8-4-7(6-14)5-9(12(16)19-2)10(8)13(17)20-3/h4-5H,1-3H3. The topological polar surface area (TPSA) is 96.0 Å². The number of benzene rings is 1. The number of rotatable bonds is 4. The lowest BCUT2D eigenvalue weighted by atomic mass is 9.97. The van der Waals surface area contributed by atoms with Crippen LogP contribution in [0.15, 0.2) is 12.1 Å². The Morgan fingerprint density at radius 2 is 1.25 bits per heavy atom. The first kappa shape index (κ1) is 15.4. The molecule has 0 amide bonds. The van der Waals surface area contributed by atoms with Crippen molar-refractivity contribution in [2.75, 3.05) is 21.3 Å². The summed E-state index contributed by atoms with van der Waals surface area (Å²) in [5.74, 6) is -2.72. The predicted molar refractivity (Wildman–Crippen MR) is 65.3 cm³/mol. The largest absolute Gasteiger partial charge is 0.465 e. The number of ether oxygens (including phenoxy) is 3. The molecule has 0 aromatic heterocycles. The van der Waals surface area contributed by atoms with Gasteiger partial charge in [-0.2, -0.15) is 0 Å². The summed E-state index contributed by atoms with van der Waals surface area (Å²) in [5, 5.41) is 0. The first-order valence-electron chi connectivity index (χ1n) is 5.31. The third kappa shape index (κ3) is 2.82. The van der Waals surface area contributed by atoms with Gasteiger partial charge in [0.05, 0.1) is 38.0 Å². The highest BCUT2D eigenvalue weighted by atomic mass is 16.5. The van der Waals surface area contributed by atoms with E-state index in [0.717, 1.165) is 33.5 Å². The van der Waals surface area contributed by atoms with Gasteiger partial charge in [-0.3, -0.25) is 4.79 Å². The molecule has 1 radical (unpaired) electrons. The maximum Gasteiger partial charge on any atom is 0.339 e. The fourth-order valence-corrected chi connectivity index (χ4v) is 1.56. The number of hydrogen-bond donors (Lipinski definition) is 0. The van der Waals surface area contributed by atoms with Crippen LogP contribution in [0.5, 0.6) is 0 Å². The Hall–Kier alpha value is -2.70. The summed E-state index contributed by atoms with van der Waals surface area (Å²) in [6.07, 6.45) is 1.53. The fraction of sp³-hybridized carbons (Fsp3) is 0.231. The maximum absolute atomic E-state index is 11.8. The van der Waals surface area contributed by atoms with E-state index in [4.69, 9.17) is 0 Å². The third-order valence-electron chi connectivity index (χ3n) is 2.46. The van der Waals surface area contributed by atoms with Crippen molar-refractivity contribution in [3.63, 3.8) is 0 Å². The van der Waals surface area contributed by atoms with E-state index in [9.17, 15) is 19.2 Å². The minimum atomic E-state index is -0.928. The van der Waals surface area contributed by atoms with E-state index in [-0.39, 0.29) is 22.3 Å². The normalized spacial score (nSPS) is 9.55. The molecule has 0 unspecified atom stereocenters. The van der Waals surface area contributed by atoms with E-state index < -0.39 is 17.9 Å². The molecular formula is C13H11O7. The van der Waals surface area contributed by atoms with Gasteiger partial charge in [0.25, 0.3) is 0 Å². The lowest BCUT2D eigenvalue weighted by Crippen LogP contribution is -2.18. The molecule has 20 heavy (non-hydrogen) atoms. The molecule has 1 rings (SSSR count). The summed E-state index contributed by atoms with van der Waals surface area (Å²) in [4.78, 5) is 45.8. The van der Waals surface area contributed by atoms with Crippen molar-refractivity contribution in [1.82, 2.24) is 0 Å². The Balaban J connectivity index is 3.70. The lowest BCUT2D eigenvalue weighted by molar-refractivity contribution is 0.0535. The zero-order chi connectivity index (χ0) is 15.3. The molecule has 0 spiro atoms. The molecule has 0 aliphatic heterocycles. The van der Waals surface area contributed by atoms with E-state index >= 15 is 0 Å². The average Bonchev–Trinajstić information content (AvgIpc) is 2.50. The average molecular weight is 279 g/mol. The Labute approximate surface area is 114 Å². The van der Waals surface area contributed by atoms with Crippen LogP contribution in [-0.4, -0.2) is 45.5 Å². The highest BCUT2D eigenvalue weighted by Crippen LogP contribution is 2.20. The summed E-state index contributed by atoms with van der Waals surface area (Å²) < 4.78 is 13.5. The molecule has 0 aliphatic rings. The molecule has 0 atom stereocenters. The van der Waals surface area contributed by atoms with Crippen LogP contribution in [0.1, 0.15) is 36.6 Å². The van der Waals surface area contributed by atoms with E-state index in [2.05, 4.69) is 14.2 Å². The minimum absolute atomic E-state index is 0.0987. The number of hydrogen-bond acceptors (Lipinski definition) is 7. The molecular weight excluding hydrogens is 268 g/mol. The van der Waals surface area contributed by atoms with Crippen LogP contribution in [-0.2, 0) is 19.0 Å². The van der Waals surface area contributed by atoms with E-state index in [0.29, 0.717) is 0 Å². The second-order valence-corrected chi connectivity index (χ2v) is 3.52. The second-order valence-electron chi connectivity index (χ2n) is 3.52. The molecule has 7 nitrogen and oxygen atoms in total. The zero-order valence-electron chi connectivity index (χ0n) is 11.0. The van der Waals surface area contributed by atoms with Gasteiger partial charge in [0.1, 0.15) is 0 Å². The highest BCUT2D eigenvalue weighted by Gasteiger charge is 2.27. The van der Waals surface area contributed by atoms with Crippen LogP contribution in [0, 0.1) is 0 Å². The molecule has 0 bridgehead atoms. The molecule has 1 aromatic carbocycles. The summed E-state index contributed by atoms with van der Waals surface area (Å²) in [7, 11) is 3.28. The monoisotopic (exact) mass is 279 g/mol. The van der Waals surface area contributed by atoms with Crippen LogP contribution in [0.25, 0.3) is 0 Å². The molecule has 0 saturated carbocycles. The van der Waals surface area contributed by atoms with Crippen LogP contribution in [0.2, 0.25) is 0 Å². The maximum atomic E-state index is 11.8. The number of carbonyl (C=O) groups is 3. The lowest BCUT2D eigenvalue weighted by Gasteiger charge is -2.11. The van der Waals surface area contributed by atoms with Gasteiger partial charge < -0.3 is 14.2 Å². The van der Waals surface area contributed by atoms with Gasteiger partial charge in [0, 0.05) is 5.56 Å². The van der Waals surface area contributed by atoms with Crippen molar-refractivity contribution < 1.29 is 33.4 Å². The number of esters is 3. The quantitative estimate of drug-likeness (QED) is 0.585. The molecule has 0 N–H and O–H groups in total. The molecule has 0 heterocycles. The van der Waals surface area contributed by atoms with E-state index in [1.165, 1.54) is 6.29 Å². The molecule has 0 saturated heterocycles. The molecule has 0 aliphatic carbocycles. The predicted octanol–water partition coefficient (Wildman–Crippen LogP) is 0.504. The van der Waals surface area contributed by atoms with Crippen molar-refractivity contribution in [3.05, 3.63) is 34.4 Å². The van der Waals surface area contributed by atoms with Crippen LogP contribution < -0.4 is 0 Å². The van der Waals surface area contributed by atoms with Gasteiger partial charge in [-0.1, -0.05) is 0 Å². The first-order chi connectivity index (χ1) is 9.49. The minimum Gasteiger partial charge on any atom is -0.465 e. The van der Waals surface area contributed by atoms with Crippen molar-refractivity contribution in [1.29, 1.82) is 0 Å². The fourth-order valence-electron chi connectivity index (χ4n) is 1.56. The zero-order valence-corrected chi connectivity index (χ0v) is 11.0. The second kappa shape index (κ2) is 6.46. The SMILES string of the molecule is COC(=O)c1cc([C]=O)cc(C(=O)OC)c1C(=O)OC. The van der Waals surface area contributed by atoms with Crippen LogP contribution >= 0.6 is 0 Å². The Morgan fingerprint density at radius 1 is 0.850 bits per heavy atom.